The van der Waals surface area contributed by atoms with Crippen LogP contribution >= 0.6 is 11.3 Å². The molecule has 2 aliphatic rings. The normalized spacial score (nSPS) is 19.9. The maximum absolute atomic E-state index is 13.8. The molecular formula is C27H25F3N2S. The molecule has 3 aromatic rings. The zero-order valence-electron chi connectivity index (χ0n) is 18.3. The predicted octanol–water partition coefficient (Wildman–Crippen LogP) is 7.96. The summed E-state index contributed by atoms with van der Waals surface area (Å²) < 4.78 is 41.3. The summed E-state index contributed by atoms with van der Waals surface area (Å²) in [6, 6.07) is 15.9. The molecule has 0 aliphatic heterocycles. The molecule has 0 saturated heterocycles. The highest BCUT2D eigenvalue weighted by Gasteiger charge is 2.52. The molecule has 2 aromatic carbocycles. The summed E-state index contributed by atoms with van der Waals surface area (Å²) in [5, 5.41) is 5.48. The number of nitrogens with one attached hydrogen (secondary N) is 1. The lowest BCUT2D eigenvalue weighted by atomic mass is 9.85. The minimum Gasteiger partial charge on any atom is -0.372 e. The van der Waals surface area contributed by atoms with Crippen LogP contribution in [0.5, 0.6) is 0 Å². The van der Waals surface area contributed by atoms with E-state index in [0.717, 1.165) is 40.5 Å². The number of thiazole rings is 1. The Morgan fingerprint density at radius 3 is 2.42 bits per heavy atom. The van der Waals surface area contributed by atoms with Crippen molar-refractivity contribution in [2.24, 2.45) is 0 Å². The first kappa shape index (κ1) is 22.0. The van der Waals surface area contributed by atoms with Crippen molar-refractivity contribution in [1.82, 2.24) is 4.98 Å². The zero-order valence-corrected chi connectivity index (χ0v) is 19.1. The van der Waals surface area contributed by atoms with Crippen molar-refractivity contribution in [3.63, 3.8) is 0 Å². The van der Waals surface area contributed by atoms with Crippen molar-refractivity contribution in [3.05, 3.63) is 95.7 Å². The van der Waals surface area contributed by atoms with Gasteiger partial charge in [-0.05, 0) is 37.8 Å². The number of hydrogen-bond donors (Lipinski definition) is 1. The van der Waals surface area contributed by atoms with E-state index < -0.39 is 17.2 Å². The summed E-state index contributed by atoms with van der Waals surface area (Å²) in [4.78, 5) is 4.98. The average molecular weight is 467 g/mol. The number of hydrogen-bond acceptors (Lipinski definition) is 3. The second kappa shape index (κ2) is 8.49. The van der Waals surface area contributed by atoms with Gasteiger partial charge in [-0.3, -0.25) is 0 Å². The third-order valence-electron chi connectivity index (χ3n) is 6.74. The molecule has 0 amide bonds. The Morgan fingerprint density at radius 1 is 1.03 bits per heavy atom. The molecule has 1 saturated carbocycles. The fraction of sp³-hybridized carbons (Fsp3) is 0.296. The van der Waals surface area contributed by atoms with E-state index in [9.17, 15) is 13.2 Å². The number of halogens is 3. The third kappa shape index (κ3) is 4.24. The van der Waals surface area contributed by atoms with E-state index in [1.807, 2.05) is 49.4 Å². The van der Waals surface area contributed by atoms with E-state index in [1.54, 1.807) is 23.5 Å². The summed E-state index contributed by atoms with van der Waals surface area (Å²) in [6.45, 7) is 2.00. The Morgan fingerprint density at radius 2 is 1.76 bits per heavy atom. The van der Waals surface area contributed by atoms with Gasteiger partial charge >= 0.3 is 6.18 Å². The van der Waals surface area contributed by atoms with E-state index in [-0.39, 0.29) is 12.0 Å². The second-order valence-electron chi connectivity index (χ2n) is 8.82. The second-order valence-corrected chi connectivity index (χ2v) is 9.82. The molecule has 0 spiro atoms. The van der Waals surface area contributed by atoms with Gasteiger partial charge in [-0.2, -0.15) is 13.2 Å². The quantitative estimate of drug-likeness (QED) is 0.399. The highest BCUT2D eigenvalue weighted by Crippen LogP contribution is 2.55. The lowest BCUT2D eigenvalue weighted by Crippen LogP contribution is -2.33. The van der Waals surface area contributed by atoms with Crippen molar-refractivity contribution >= 4 is 16.3 Å². The van der Waals surface area contributed by atoms with Crippen molar-refractivity contribution in [1.29, 1.82) is 0 Å². The molecule has 2 atom stereocenters. The summed E-state index contributed by atoms with van der Waals surface area (Å²) in [7, 11) is 0. The Bertz CT molecular complexity index is 1190. The summed E-state index contributed by atoms with van der Waals surface area (Å²) >= 11 is 1.58. The Hall–Kier alpha value is -2.86. The molecule has 2 unspecified atom stereocenters. The van der Waals surface area contributed by atoms with Gasteiger partial charge in [0.25, 0.3) is 0 Å². The van der Waals surface area contributed by atoms with Crippen LogP contribution in [0.3, 0.4) is 0 Å². The number of allylic oxidation sites excluding steroid dienone is 4. The maximum Gasteiger partial charge on any atom is 0.416 e. The maximum atomic E-state index is 13.8. The lowest BCUT2D eigenvalue weighted by molar-refractivity contribution is -0.138. The van der Waals surface area contributed by atoms with Crippen molar-refractivity contribution in [2.75, 3.05) is 5.32 Å². The van der Waals surface area contributed by atoms with Crippen LogP contribution in [-0.2, 0) is 11.6 Å². The molecule has 5 rings (SSSR count). The first-order valence-corrected chi connectivity index (χ1v) is 12.0. The third-order valence-corrected chi connectivity index (χ3v) is 7.79. The van der Waals surface area contributed by atoms with Gasteiger partial charge < -0.3 is 5.32 Å². The fourth-order valence-electron chi connectivity index (χ4n) is 4.74. The number of benzene rings is 2. The molecular weight excluding hydrogens is 441 g/mol. The fourth-order valence-corrected chi connectivity index (χ4v) is 5.87. The van der Waals surface area contributed by atoms with Crippen LogP contribution in [0.2, 0.25) is 0 Å². The summed E-state index contributed by atoms with van der Waals surface area (Å²) in [5.74, 6) is 0.149. The van der Waals surface area contributed by atoms with E-state index in [0.29, 0.717) is 5.56 Å². The van der Waals surface area contributed by atoms with Gasteiger partial charge in [-0.15, -0.1) is 0 Å². The van der Waals surface area contributed by atoms with Crippen LogP contribution in [0, 0.1) is 0 Å². The van der Waals surface area contributed by atoms with Crippen LogP contribution < -0.4 is 5.32 Å². The Kier molecular flexibility index (Phi) is 5.65. The minimum absolute atomic E-state index is 0.149. The zero-order chi connectivity index (χ0) is 23.1. The largest absolute Gasteiger partial charge is 0.416 e. The van der Waals surface area contributed by atoms with Crippen molar-refractivity contribution in [2.45, 2.75) is 49.7 Å². The van der Waals surface area contributed by atoms with E-state index >= 15 is 0 Å². The summed E-state index contributed by atoms with van der Waals surface area (Å²) in [6.07, 6.45) is 6.31. The number of nitrogens with zero attached hydrogens (tertiary/aromatic N) is 1. The van der Waals surface area contributed by atoms with Gasteiger partial charge in [0.15, 0.2) is 0 Å². The van der Waals surface area contributed by atoms with Crippen LogP contribution in [0.1, 0.15) is 48.9 Å². The smallest absolute Gasteiger partial charge is 0.372 e. The van der Waals surface area contributed by atoms with E-state index in [4.69, 9.17) is 4.98 Å². The van der Waals surface area contributed by atoms with E-state index in [1.165, 1.54) is 12.1 Å². The molecule has 33 heavy (non-hydrogen) atoms. The van der Waals surface area contributed by atoms with Gasteiger partial charge in [-0.1, -0.05) is 84.2 Å². The van der Waals surface area contributed by atoms with Gasteiger partial charge in [-0.25, -0.2) is 4.98 Å². The van der Waals surface area contributed by atoms with Crippen LogP contribution in [0.25, 0.3) is 10.6 Å². The number of anilines is 1. The Labute approximate surface area is 195 Å². The van der Waals surface area contributed by atoms with Gasteiger partial charge in [0.1, 0.15) is 10.0 Å². The number of rotatable bonds is 6. The Balaban J connectivity index is 1.50. The lowest BCUT2D eigenvalue weighted by Gasteiger charge is -2.28. The monoisotopic (exact) mass is 466 g/mol. The molecule has 1 fully saturated rings. The topological polar surface area (TPSA) is 24.9 Å². The molecule has 1 aromatic heterocycles. The molecule has 2 nitrogen and oxygen atoms in total. The van der Waals surface area contributed by atoms with Crippen LogP contribution in [0.15, 0.2) is 78.9 Å². The highest BCUT2D eigenvalue weighted by atomic mass is 32.1. The SMILES string of the molecule is CC(Nc1sc(-c2ccccc2)nc1C1C=CC=CC1)C1(c2ccccc2C(F)(F)F)CC1. The average Bonchev–Trinajstić information content (AvgIpc) is 3.54. The molecule has 1 N–H and O–H groups in total. The highest BCUT2D eigenvalue weighted by molar-refractivity contribution is 7.19. The number of aromatic nitrogens is 1. The molecule has 2 aliphatic carbocycles. The molecule has 6 heteroatoms. The van der Waals surface area contributed by atoms with Crippen LogP contribution in [-0.4, -0.2) is 11.0 Å². The first-order valence-electron chi connectivity index (χ1n) is 11.2. The van der Waals surface area contributed by atoms with Crippen molar-refractivity contribution in [3.8, 4) is 10.6 Å². The van der Waals surface area contributed by atoms with Crippen LogP contribution in [0.4, 0.5) is 18.2 Å². The minimum atomic E-state index is -4.36. The van der Waals surface area contributed by atoms with Crippen molar-refractivity contribution < 1.29 is 13.2 Å². The van der Waals surface area contributed by atoms with Gasteiger partial charge in [0.2, 0.25) is 0 Å². The van der Waals surface area contributed by atoms with Gasteiger partial charge in [0.05, 0.1) is 11.3 Å². The molecule has 1 heterocycles. The van der Waals surface area contributed by atoms with Gasteiger partial charge in [0, 0.05) is 22.9 Å². The molecule has 0 bridgehead atoms. The number of alkyl halides is 3. The van der Waals surface area contributed by atoms with E-state index in [2.05, 4.69) is 17.5 Å². The summed E-state index contributed by atoms with van der Waals surface area (Å²) in [5.41, 5.74) is 1.36. The predicted molar refractivity (Wildman–Crippen MR) is 129 cm³/mol. The standard InChI is InChI=1S/C27H25F3N2S/c1-18(26(16-17-26)21-14-8-9-15-22(21)27(28,29)30)31-25-23(19-10-4-2-5-11-19)32-24(33-25)20-12-6-3-7-13-20/h2-10,12-15,18-19,31H,11,16-17H2,1H3. The molecule has 170 valence electrons. The molecule has 0 radical (unpaired) electrons. The first-order chi connectivity index (χ1) is 15.9.